The van der Waals surface area contributed by atoms with Crippen LogP contribution < -0.4 is 0 Å². The lowest BCUT2D eigenvalue weighted by Gasteiger charge is -1.93. The molecule has 5 nitrogen and oxygen atoms in total. The van der Waals surface area contributed by atoms with Crippen LogP contribution in [0, 0.1) is 0 Å². The van der Waals surface area contributed by atoms with Crippen LogP contribution in [0.1, 0.15) is 0 Å². The summed E-state index contributed by atoms with van der Waals surface area (Å²) >= 11 is 1.50. The Kier molecular flexibility index (Phi) is 2.86. The third-order valence-electron chi connectivity index (χ3n) is 3.02. The molecule has 0 aliphatic rings. The second-order valence-electron chi connectivity index (χ2n) is 4.41. The zero-order chi connectivity index (χ0) is 14.1. The summed E-state index contributed by atoms with van der Waals surface area (Å²) in [5.41, 5.74) is 2.66. The Labute approximate surface area is 124 Å². The minimum absolute atomic E-state index is 0.751. The fraction of sp³-hybridized carbons (Fsp3) is 0. The molecular formula is C15H10N4OS. The minimum atomic E-state index is 0.751. The van der Waals surface area contributed by atoms with Gasteiger partial charge in [0, 0.05) is 10.9 Å². The molecule has 102 valence electrons. The largest absolute Gasteiger partial charge is 0.463 e. The molecule has 0 atom stereocenters. The predicted octanol–water partition coefficient (Wildman–Crippen LogP) is 3.65. The van der Waals surface area contributed by atoms with Gasteiger partial charge in [0.25, 0.3) is 0 Å². The second-order valence-corrected chi connectivity index (χ2v) is 5.24. The van der Waals surface area contributed by atoms with Gasteiger partial charge in [-0.05, 0) is 12.1 Å². The predicted molar refractivity (Wildman–Crippen MR) is 80.2 cm³/mol. The summed E-state index contributed by atoms with van der Waals surface area (Å²) in [5, 5.41) is 11.0. The molecule has 1 aromatic carbocycles. The van der Waals surface area contributed by atoms with E-state index in [1.54, 1.807) is 10.9 Å². The molecule has 0 saturated carbocycles. The van der Waals surface area contributed by atoms with E-state index in [0.717, 1.165) is 27.8 Å². The first-order valence-electron chi connectivity index (χ1n) is 6.38. The first-order valence-corrected chi connectivity index (χ1v) is 7.26. The van der Waals surface area contributed by atoms with Gasteiger partial charge in [-0.1, -0.05) is 35.5 Å². The van der Waals surface area contributed by atoms with Crippen LogP contribution in [0.25, 0.3) is 27.8 Å². The maximum absolute atomic E-state index is 5.34. The first kappa shape index (κ1) is 12.0. The van der Waals surface area contributed by atoms with Crippen molar-refractivity contribution in [3.05, 3.63) is 60.3 Å². The molecule has 0 aliphatic heterocycles. The van der Waals surface area contributed by atoms with E-state index in [0.29, 0.717) is 0 Å². The van der Waals surface area contributed by atoms with Crippen LogP contribution in [-0.2, 0) is 0 Å². The van der Waals surface area contributed by atoms with Gasteiger partial charge in [0.2, 0.25) is 5.13 Å². The molecule has 0 amide bonds. The van der Waals surface area contributed by atoms with Crippen molar-refractivity contribution in [3.8, 4) is 27.8 Å². The summed E-state index contributed by atoms with van der Waals surface area (Å²) in [6.07, 6.45) is 3.51. The fourth-order valence-electron chi connectivity index (χ4n) is 2.01. The summed E-state index contributed by atoms with van der Waals surface area (Å²) in [7, 11) is 0. The minimum Gasteiger partial charge on any atom is -0.463 e. The van der Waals surface area contributed by atoms with Crippen molar-refractivity contribution in [3.63, 3.8) is 0 Å². The molecular weight excluding hydrogens is 284 g/mol. The van der Waals surface area contributed by atoms with Crippen molar-refractivity contribution in [2.24, 2.45) is 0 Å². The molecule has 0 radical (unpaired) electrons. The van der Waals surface area contributed by atoms with Crippen LogP contribution >= 0.6 is 11.3 Å². The van der Waals surface area contributed by atoms with Gasteiger partial charge < -0.3 is 4.42 Å². The van der Waals surface area contributed by atoms with E-state index in [-0.39, 0.29) is 0 Å². The zero-order valence-corrected chi connectivity index (χ0v) is 11.7. The summed E-state index contributed by atoms with van der Waals surface area (Å²) in [6, 6.07) is 13.7. The Morgan fingerprint density at radius 1 is 1.00 bits per heavy atom. The quantitative estimate of drug-likeness (QED) is 0.578. The maximum atomic E-state index is 5.34. The molecule has 0 fully saturated rings. The highest BCUT2D eigenvalue weighted by molar-refractivity contribution is 7.12. The smallest absolute Gasteiger partial charge is 0.212 e. The van der Waals surface area contributed by atoms with Gasteiger partial charge in [0.05, 0.1) is 12.5 Å². The van der Waals surface area contributed by atoms with Crippen LogP contribution in [0.3, 0.4) is 0 Å². The number of thiazole rings is 1. The molecule has 0 saturated heterocycles. The number of aromatic nitrogens is 4. The highest BCUT2D eigenvalue weighted by Crippen LogP contribution is 2.25. The summed E-state index contributed by atoms with van der Waals surface area (Å²) in [4.78, 5) is 4.52. The Balaban J connectivity index is 1.67. The molecule has 0 bridgehead atoms. The summed E-state index contributed by atoms with van der Waals surface area (Å²) < 4.78 is 7.02. The SMILES string of the molecule is c1ccc(-c2cn(-c3nc(-c4ccco4)cs3)nn2)cc1. The molecule has 4 rings (SSSR count). The molecule has 3 heterocycles. The van der Waals surface area contributed by atoms with Crippen molar-refractivity contribution < 1.29 is 4.42 Å². The molecule has 0 unspecified atom stereocenters. The van der Waals surface area contributed by atoms with Gasteiger partial charge in [-0.15, -0.1) is 16.4 Å². The van der Waals surface area contributed by atoms with Crippen LogP contribution in [0.2, 0.25) is 0 Å². The monoisotopic (exact) mass is 294 g/mol. The van der Waals surface area contributed by atoms with Gasteiger partial charge in [-0.2, -0.15) is 4.68 Å². The zero-order valence-electron chi connectivity index (χ0n) is 10.9. The van der Waals surface area contributed by atoms with E-state index in [1.165, 1.54) is 11.3 Å². The van der Waals surface area contributed by atoms with Crippen molar-refractivity contribution in [1.29, 1.82) is 0 Å². The standard InChI is InChI=1S/C15H10N4OS/c1-2-5-11(6-3-1)12-9-19(18-17-12)15-16-13(10-21-15)14-7-4-8-20-14/h1-10H. The van der Waals surface area contributed by atoms with Crippen LogP contribution in [0.4, 0.5) is 0 Å². The maximum Gasteiger partial charge on any atom is 0.212 e. The summed E-state index contributed by atoms with van der Waals surface area (Å²) in [6.45, 7) is 0. The Bertz CT molecular complexity index is 849. The lowest BCUT2D eigenvalue weighted by Crippen LogP contribution is -1.93. The van der Waals surface area contributed by atoms with Gasteiger partial charge in [0.1, 0.15) is 11.4 Å². The number of furan rings is 1. The Hall–Kier alpha value is -2.73. The van der Waals surface area contributed by atoms with Crippen LogP contribution in [0.15, 0.2) is 64.7 Å². The lowest BCUT2D eigenvalue weighted by atomic mass is 10.2. The van der Waals surface area contributed by atoms with Gasteiger partial charge in [-0.25, -0.2) is 4.98 Å². The molecule has 0 aliphatic carbocycles. The average molecular weight is 294 g/mol. The highest BCUT2D eigenvalue weighted by atomic mass is 32.1. The van der Waals surface area contributed by atoms with Crippen LogP contribution in [-0.4, -0.2) is 20.0 Å². The van der Waals surface area contributed by atoms with Gasteiger partial charge in [0.15, 0.2) is 5.76 Å². The van der Waals surface area contributed by atoms with E-state index in [9.17, 15) is 0 Å². The lowest BCUT2D eigenvalue weighted by molar-refractivity contribution is 0.580. The first-order chi connectivity index (χ1) is 10.4. The molecule has 4 aromatic rings. The van der Waals surface area contributed by atoms with Crippen LogP contribution in [0.5, 0.6) is 0 Å². The molecule has 0 spiro atoms. The fourth-order valence-corrected chi connectivity index (χ4v) is 2.74. The third kappa shape index (κ3) is 2.25. The highest BCUT2D eigenvalue weighted by Gasteiger charge is 2.10. The molecule has 21 heavy (non-hydrogen) atoms. The number of nitrogens with zero attached hydrogens (tertiary/aromatic N) is 4. The second kappa shape index (κ2) is 4.99. The average Bonchev–Trinajstić information content (AvgIpc) is 3.27. The molecule has 0 N–H and O–H groups in total. The normalized spacial score (nSPS) is 10.9. The molecule has 6 heteroatoms. The topological polar surface area (TPSA) is 56.7 Å². The summed E-state index contributed by atoms with van der Waals surface area (Å²) in [5.74, 6) is 0.751. The third-order valence-corrected chi connectivity index (χ3v) is 3.85. The molecule has 3 aromatic heterocycles. The number of hydrogen-bond donors (Lipinski definition) is 0. The van der Waals surface area contributed by atoms with Gasteiger partial charge in [-0.3, -0.25) is 0 Å². The number of benzene rings is 1. The van der Waals surface area contributed by atoms with E-state index < -0.39 is 0 Å². The van der Waals surface area contributed by atoms with Crippen molar-refractivity contribution >= 4 is 11.3 Å². The van der Waals surface area contributed by atoms with Crippen molar-refractivity contribution in [2.45, 2.75) is 0 Å². The Morgan fingerprint density at radius 2 is 1.90 bits per heavy atom. The van der Waals surface area contributed by atoms with E-state index in [1.807, 2.05) is 54.0 Å². The van der Waals surface area contributed by atoms with Crippen molar-refractivity contribution in [1.82, 2.24) is 20.0 Å². The van der Waals surface area contributed by atoms with Crippen molar-refractivity contribution in [2.75, 3.05) is 0 Å². The number of hydrogen-bond acceptors (Lipinski definition) is 5. The Morgan fingerprint density at radius 3 is 2.71 bits per heavy atom. The van der Waals surface area contributed by atoms with Gasteiger partial charge >= 0.3 is 0 Å². The van der Waals surface area contributed by atoms with E-state index in [2.05, 4.69) is 15.3 Å². The van der Waals surface area contributed by atoms with E-state index in [4.69, 9.17) is 4.42 Å². The number of rotatable bonds is 3. The van der Waals surface area contributed by atoms with E-state index >= 15 is 0 Å².